The van der Waals surface area contributed by atoms with Gasteiger partial charge >= 0.3 is 0 Å². The summed E-state index contributed by atoms with van der Waals surface area (Å²) in [6.45, 7) is 5.26. The van der Waals surface area contributed by atoms with Gasteiger partial charge in [-0.05, 0) is 36.5 Å². The van der Waals surface area contributed by atoms with E-state index in [1.807, 2.05) is 31.2 Å². The highest BCUT2D eigenvalue weighted by molar-refractivity contribution is 5.77. The standard InChI is InChI=1S/C16H23NO3/c1-3-13-4-6-14(7-5-13)20-11-16(19)17-9-8-12(2)15(18)10-17/h4-7,12,15,18H,3,8-11H2,1-2H3. The molecule has 2 rings (SSSR count). The third-order valence-corrected chi connectivity index (χ3v) is 3.97. The van der Waals surface area contributed by atoms with E-state index in [9.17, 15) is 9.90 Å². The minimum atomic E-state index is -0.420. The van der Waals surface area contributed by atoms with Gasteiger partial charge in [0.15, 0.2) is 6.61 Å². The summed E-state index contributed by atoms with van der Waals surface area (Å²) in [6.07, 6.45) is 1.41. The second kappa shape index (κ2) is 6.75. The van der Waals surface area contributed by atoms with Gasteiger partial charge in [0.2, 0.25) is 0 Å². The maximum Gasteiger partial charge on any atom is 0.260 e. The zero-order valence-corrected chi connectivity index (χ0v) is 12.2. The van der Waals surface area contributed by atoms with E-state index in [-0.39, 0.29) is 18.4 Å². The number of ether oxygens (including phenoxy) is 1. The van der Waals surface area contributed by atoms with Crippen LogP contribution in [0.2, 0.25) is 0 Å². The average molecular weight is 277 g/mol. The fourth-order valence-corrected chi connectivity index (χ4v) is 2.33. The topological polar surface area (TPSA) is 49.8 Å². The van der Waals surface area contributed by atoms with E-state index in [4.69, 9.17) is 4.74 Å². The van der Waals surface area contributed by atoms with Gasteiger partial charge in [-0.25, -0.2) is 0 Å². The molecule has 1 N–H and O–H groups in total. The Kier molecular flexibility index (Phi) is 5.01. The van der Waals surface area contributed by atoms with Crippen molar-refractivity contribution >= 4 is 5.91 Å². The number of hydrogen-bond donors (Lipinski definition) is 1. The molecule has 0 aromatic heterocycles. The van der Waals surface area contributed by atoms with Gasteiger partial charge in [-0.15, -0.1) is 0 Å². The Labute approximate surface area is 120 Å². The number of β-amino-alcohol motifs (C(OH)–C–C–N with tert-alkyl or cyclic N) is 1. The van der Waals surface area contributed by atoms with Gasteiger partial charge in [-0.1, -0.05) is 26.0 Å². The van der Waals surface area contributed by atoms with Crippen molar-refractivity contribution in [2.24, 2.45) is 5.92 Å². The van der Waals surface area contributed by atoms with E-state index in [1.54, 1.807) is 4.90 Å². The number of piperidine rings is 1. The van der Waals surface area contributed by atoms with E-state index in [2.05, 4.69) is 6.92 Å². The Hall–Kier alpha value is -1.55. The third-order valence-electron chi connectivity index (χ3n) is 3.97. The highest BCUT2D eigenvalue weighted by atomic mass is 16.5. The maximum absolute atomic E-state index is 12.0. The van der Waals surface area contributed by atoms with Crippen LogP contribution in [0.3, 0.4) is 0 Å². The molecule has 1 heterocycles. The SMILES string of the molecule is CCc1ccc(OCC(=O)N2CCC(C)C(O)C2)cc1. The summed E-state index contributed by atoms with van der Waals surface area (Å²) in [5.41, 5.74) is 1.25. The molecule has 0 saturated carbocycles. The largest absolute Gasteiger partial charge is 0.484 e. The van der Waals surface area contributed by atoms with Gasteiger partial charge < -0.3 is 14.7 Å². The zero-order chi connectivity index (χ0) is 14.5. The van der Waals surface area contributed by atoms with Gasteiger partial charge in [0, 0.05) is 13.1 Å². The van der Waals surface area contributed by atoms with Gasteiger partial charge in [0.1, 0.15) is 5.75 Å². The predicted molar refractivity (Wildman–Crippen MR) is 77.7 cm³/mol. The lowest BCUT2D eigenvalue weighted by Crippen LogP contribution is -2.47. The summed E-state index contributed by atoms with van der Waals surface area (Å²) in [7, 11) is 0. The third kappa shape index (κ3) is 3.73. The summed E-state index contributed by atoms with van der Waals surface area (Å²) in [5, 5.41) is 9.81. The molecule has 1 aromatic rings. The predicted octanol–water partition coefficient (Wildman–Crippen LogP) is 1.86. The molecular weight excluding hydrogens is 254 g/mol. The summed E-state index contributed by atoms with van der Waals surface area (Å²) in [6, 6.07) is 7.79. The quantitative estimate of drug-likeness (QED) is 0.914. The number of hydrogen-bond acceptors (Lipinski definition) is 3. The number of aliphatic hydroxyl groups is 1. The van der Waals surface area contributed by atoms with Crippen molar-refractivity contribution in [2.45, 2.75) is 32.8 Å². The second-order valence-electron chi connectivity index (χ2n) is 5.46. The molecule has 0 radical (unpaired) electrons. The molecule has 2 unspecified atom stereocenters. The van der Waals surface area contributed by atoms with Crippen molar-refractivity contribution in [1.82, 2.24) is 4.90 Å². The van der Waals surface area contributed by atoms with Crippen LogP contribution in [0.1, 0.15) is 25.8 Å². The number of amides is 1. The van der Waals surface area contributed by atoms with Crippen molar-refractivity contribution in [3.05, 3.63) is 29.8 Å². The van der Waals surface area contributed by atoms with E-state index in [0.717, 1.165) is 12.8 Å². The first kappa shape index (κ1) is 14.9. The number of nitrogens with zero attached hydrogens (tertiary/aromatic N) is 1. The van der Waals surface area contributed by atoms with Crippen LogP contribution < -0.4 is 4.74 Å². The first-order valence-electron chi connectivity index (χ1n) is 7.27. The van der Waals surface area contributed by atoms with Crippen LogP contribution in [0.5, 0.6) is 5.75 Å². The van der Waals surface area contributed by atoms with Gasteiger partial charge in [-0.3, -0.25) is 4.79 Å². The van der Waals surface area contributed by atoms with Crippen LogP contribution in [0, 0.1) is 5.92 Å². The average Bonchev–Trinajstić information content (AvgIpc) is 2.48. The molecule has 1 aliphatic rings. The van der Waals surface area contributed by atoms with Crippen molar-refractivity contribution in [2.75, 3.05) is 19.7 Å². The molecule has 110 valence electrons. The van der Waals surface area contributed by atoms with Crippen LogP contribution in [-0.2, 0) is 11.2 Å². The van der Waals surface area contributed by atoms with Crippen LogP contribution >= 0.6 is 0 Å². The highest BCUT2D eigenvalue weighted by Gasteiger charge is 2.27. The zero-order valence-electron chi connectivity index (χ0n) is 12.2. The molecule has 20 heavy (non-hydrogen) atoms. The molecule has 0 spiro atoms. The number of aliphatic hydroxyl groups excluding tert-OH is 1. The van der Waals surface area contributed by atoms with Crippen LogP contribution in [0.25, 0.3) is 0 Å². The fraction of sp³-hybridized carbons (Fsp3) is 0.562. The molecule has 1 fully saturated rings. The lowest BCUT2D eigenvalue weighted by atomic mass is 9.96. The smallest absolute Gasteiger partial charge is 0.260 e. The Morgan fingerprint density at radius 3 is 2.70 bits per heavy atom. The number of aryl methyl sites for hydroxylation is 1. The minimum absolute atomic E-state index is 0.0343. The summed E-state index contributed by atoms with van der Waals surface area (Å²) >= 11 is 0. The molecule has 4 nitrogen and oxygen atoms in total. The summed E-state index contributed by atoms with van der Waals surface area (Å²) < 4.78 is 5.51. The van der Waals surface area contributed by atoms with Crippen molar-refractivity contribution < 1.29 is 14.6 Å². The fourth-order valence-electron chi connectivity index (χ4n) is 2.33. The molecule has 1 amide bonds. The van der Waals surface area contributed by atoms with Crippen LogP contribution in [0.15, 0.2) is 24.3 Å². The lowest BCUT2D eigenvalue weighted by molar-refractivity contribution is -0.137. The number of carbonyl (C=O) groups excluding carboxylic acids is 1. The van der Waals surface area contributed by atoms with Gasteiger partial charge in [0.25, 0.3) is 5.91 Å². The number of rotatable bonds is 4. The molecule has 0 aliphatic carbocycles. The van der Waals surface area contributed by atoms with Crippen molar-refractivity contribution in [3.63, 3.8) is 0 Å². The Balaban J connectivity index is 1.82. The molecule has 1 aromatic carbocycles. The van der Waals surface area contributed by atoms with E-state index >= 15 is 0 Å². The van der Waals surface area contributed by atoms with Crippen LogP contribution in [-0.4, -0.2) is 41.7 Å². The molecule has 1 aliphatic heterocycles. The Morgan fingerprint density at radius 1 is 1.40 bits per heavy atom. The maximum atomic E-state index is 12.0. The number of benzene rings is 1. The second-order valence-corrected chi connectivity index (χ2v) is 5.46. The summed E-state index contributed by atoms with van der Waals surface area (Å²) in [5.74, 6) is 0.915. The Morgan fingerprint density at radius 2 is 2.10 bits per heavy atom. The molecular formula is C16H23NO3. The minimum Gasteiger partial charge on any atom is -0.484 e. The molecule has 0 bridgehead atoms. The van der Waals surface area contributed by atoms with E-state index < -0.39 is 6.10 Å². The Bertz CT molecular complexity index is 444. The van der Waals surface area contributed by atoms with Crippen molar-refractivity contribution in [1.29, 1.82) is 0 Å². The van der Waals surface area contributed by atoms with Crippen molar-refractivity contribution in [3.8, 4) is 5.75 Å². The monoisotopic (exact) mass is 277 g/mol. The molecule has 2 atom stereocenters. The van der Waals surface area contributed by atoms with E-state index in [0.29, 0.717) is 18.8 Å². The number of carbonyl (C=O) groups is 1. The summed E-state index contributed by atoms with van der Waals surface area (Å²) in [4.78, 5) is 13.7. The van der Waals surface area contributed by atoms with Gasteiger partial charge in [0.05, 0.1) is 6.10 Å². The first-order chi connectivity index (χ1) is 9.60. The van der Waals surface area contributed by atoms with E-state index in [1.165, 1.54) is 5.56 Å². The molecule has 4 heteroatoms. The first-order valence-corrected chi connectivity index (χ1v) is 7.27. The number of likely N-dealkylation sites (tertiary alicyclic amines) is 1. The lowest BCUT2D eigenvalue weighted by Gasteiger charge is -2.34. The van der Waals surface area contributed by atoms with Gasteiger partial charge in [-0.2, -0.15) is 0 Å². The van der Waals surface area contributed by atoms with Crippen LogP contribution in [0.4, 0.5) is 0 Å². The molecule has 1 saturated heterocycles. The highest BCUT2D eigenvalue weighted by Crippen LogP contribution is 2.17. The normalized spacial score (nSPS) is 22.6.